The fraction of sp³-hybridized carbons (Fsp3) is 0. The van der Waals surface area contributed by atoms with Crippen LogP contribution < -0.4 is 21.5 Å². The molecule has 4 amide bonds. The SMILES string of the molecule is NC(=O)C1=NN(c2ccccc2)C(=O)C1=C1Sc2c(O)c3c(c(O)c2S1)SC(=C1C(=O)N(c2ccccc2)N=C1C(N)=O)S3. The third kappa shape index (κ3) is 4.29. The van der Waals surface area contributed by atoms with Crippen LogP contribution in [0.25, 0.3) is 0 Å². The predicted molar refractivity (Wildman–Crippen MR) is 168 cm³/mol. The summed E-state index contributed by atoms with van der Waals surface area (Å²) in [4.78, 5) is 52.5. The van der Waals surface area contributed by atoms with E-state index in [0.717, 1.165) is 57.1 Å². The monoisotopic (exact) mass is 660 g/mol. The fourth-order valence-electron chi connectivity index (χ4n) is 4.64. The highest BCUT2D eigenvalue weighted by Gasteiger charge is 2.44. The van der Waals surface area contributed by atoms with Crippen molar-refractivity contribution in [2.75, 3.05) is 10.0 Å². The standard InChI is InChI=1S/C28H16N6O6S4/c29-23(37)15-13(25(39)33(31-15)11-7-3-1-4-8-11)27-41-19-17(35)21-22(18(36)20(19)42-27)44-28(43-21)14-16(24(30)38)32-34(26(14)40)12-9-5-2-6-10-12/h1-10,35-36H,(H2,29,37)(H2,30,38). The molecule has 6 N–H and O–H groups in total. The van der Waals surface area contributed by atoms with E-state index in [9.17, 15) is 29.4 Å². The van der Waals surface area contributed by atoms with Crippen LogP contribution in [0, 0.1) is 0 Å². The molecule has 4 aliphatic heterocycles. The zero-order valence-electron chi connectivity index (χ0n) is 21.9. The number of phenolic OH excluding ortho intramolecular Hbond substituents is 2. The Morgan fingerprint density at radius 1 is 0.591 bits per heavy atom. The molecule has 0 radical (unpaired) electrons. The molecule has 0 fully saturated rings. The summed E-state index contributed by atoms with van der Waals surface area (Å²) in [5.41, 5.74) is 11.4. The molecule has 3 aromatic carbocycles. The molecular weight excluding hydrogens is 645 g/mol. The first-order valence-corrected chi connectivity index (χ1v) is 15.8. The van der Waals surface area contributed by atoms with Crippen LogP contribution in [0.5, 0.6) is 11.5 Å². The van der Waals surface area contributed by atoms with E-state index < -0.39 is 23.6 Å². The first kappa shape index (κ1) is 28.1. The molecule has 4 aliphatic rings. The number of aromatic hydroxyl groups is 2. The number of hydrazone groups is 2. The van der Waals surface area contributed by atoms with E-state index in [1.807, 2.05) is 0 Å². The molecule has 0 bridgehead atoms. The molecule has 0 aliphatic carbocycles. The molecule has 7 rings (SSSR count). The van der Waals surface area contributed by atoms with Gasteiger partial charge in [-0.25, -0.2) is 0 Å². The Balaban J connectivity index is 1.26. The number of primary amides is 2. The molecule has 16 heteroatoms. The second-order valence-electron chi connectivity index (χ2n) is 9.28. The van der Waals surface area contributed by atoms with E-state index in [-0.39, 0.29) is 53.7 Å². The second kappa shape index (κ2) is 10.5. The molecule has 3 aromatic rings. The van der Waals surface area contributed by atoms with E-state index in [2.05, 4.69) is 10.2 Å². The lowest BCUT2D eigenvalue weighted by Gasteiger charge is -2.11. The second-order valence-corrected chi connectivity index (χ2v) is 13.9. The van der Waals surface area contributed by atoms with Crippen LogP contribution in [0.2, 0.25) is 0 Å². The van der Waals surface area contributed by atoms with Crippen LogP contribution in [0.3, 0.4) is 0 Å². The number of hydrogen-bond donors (Lipinski definition) is 4. The molecule has 0 unspecified atom stereocenters. The van der Waals surface area contributed by atoms with Gasteiger partial charge in [-0.1, -0.05) is 83.4 Å². The summed E-state index contributed by atoms with van der Waals surface area (Å²) < 4.78 is 0.605. The molecule has 44 heavy (non-hydrogen) atoms. The van der Waals surface area contributed by atoms with Gasteiger partial charge in [0.2, 0.25) is 0 Å². The van der Waals surface area contributed by atoms with Crippen LogP contribution in [0.15, 0.2) is 110 Å². The minimum atomic E-state index is -0.910. The van der Waals surface area contributed by atoms with E-state index >= 15 is 0 Å². The quantitative estimate of drug-likeness (QED) is 0.237. The van der Waals surface area contributed by atoms with Crippen LogP contribution in [-0.2, 0) is 19.2 Å². The molecular formula is C28H16N6O6S4. The first-order valence-electron chi connectivity index (χ1n) is 12.5. The van der Waals surface area contributed by atoms with Gasteiger partial charge in [0.05, 0.1) is 50.6 Å². The largest absolute Gasteiger partial charge is 0.505 e. The van der Waals surface area contributed by atoms with Gasteiger partial charge in [-0.2, -0.15) is 20.2 Å². The summed E-state index contributed by atoms with van der Waals surface area (Å²) in [6.45, 7) is 0. The van der Waals surface area contributed by atoms with Gasteiger partial charge in [0, 0.05) is 0 Å². The number of benzene rings is 3. The van der Waals surface area contributed by atoms with Gasteiger partial charge >= 0.3 is 0 Å². The Morgan fingerprint density at radius 3 is 1.20 bits per heavy atom. The van der Waals surface area contributed by atoms with E-state index in [1.54, 1.807) is 60.7 Å². The maximum Gasteiger partial charge on any atom is 0.282 e. The molecule has 218 valence electrons. The number of hydrogen-bond acceptors (Lipinski definition) is 12. The van der Waals surface area contributed by atoms with Crippen LogP contribution in [-0.4, -0.2) is 45.3 Å². The number of fused-ring (bicyclic) bond motifs is 2. The van der Waals surface area contributed by atoms with Gasteiger partial charge in [0.1, 0.15) is 11.5 Å². The van der Waals surface area contributed by atoms with Crippen molar-refractivity contribution in [2.45, 2.75) is 19.6 Å². The Labute approximate surface area is 264 Å². The lowest BCUT2D eigenvalue weighted by atomic mass is 10.1. The first-order chi connectivity index (χ1) is 21.2. The van der Waals surface area contributed by atoms with Crippen molar-refractivity contribution in [1.82, 2.24) is 0 Å². The normalized spacial score (nSPS) is 17.4. The van der Waals surface area contributed by atoms with Crippen molar-refractivity contribution in [1.29, 1.82) is 0 Å². The summed E-state index contributed by atoms with van der Waals surface area (Å²) in [5, 5.41) is 33.2. The Kier molecular flexibility index (Phi) is 6.73. The molecule has 0 saturated carbocycles. The van der Waals surface area contributed by atoms with Crippen LogP contribution in [0.4, 0.5) is 11.4 Å². The molecule has 0 atom stereocenters. The number of nitrogens with zero attached hydrogens (tertiary/aromatic N) is 4. The molecule has 0 aromatic heterocycles. The highest BCUT2D eigenvalue weighted by Crippen LogP contribution is 2.68. The van der Waals surface area contributed by atoms with Crippen LogP contribution >= 0.6 is 47.0 Å². The molecule has 0 spiro atoms. The maximum atomic E-state index is 13.5. The van der Waals surface area contributed by atoms with Crippen molar-refractivity contribution in [3.05, 3.63) is 80.3 Å². The van der Waals surface area contributed by atoms with Crippen molar-refractivity contribution < 1.29 is 29.4 Å². The summed E-state index contributed by atoms with van der Waals surface area (Å²) in [7, 11) is 0. The number of rotatable bonds is 4. The maximum absolute atomic E-state index is 13.5. The topological polar surface area (TPSA) is 192 Å². The summed E-state index contributed by atoms with van der Waals surface area (Å²) >= 11 is 3.94. The number of phenols is 2. The lowest BCUT2D eigenvalue weighted by molar-refractivity contribution is -0.115. The highest BCUT2D eigenvalue weighted by molar-refractivity contribution is 8.26. The molecule has 0 saturated heterocycles. The van der Waals surface area contributed by atoms with Crippen molar-refractivity contribution in [3.8, 4) is 11.5 Å². The Hall–Kier alpha value is -4.64. The average molecular weight is 661 g/mol. The number of amides is 4. The number of carbonyl (C=O) groups excluding carboxylic acids is 4. The third-order valence-corrected chi connectivity index (χ3v) is 11.8. The smallest absolute Gasteiger partial charge is 0.282 e. The summed E-state index contributed by atoms with van der Waals surface area (Å²) in [6, 6.07) is 17.0. The van der Waals surface area contributed by atoms with Crippen LogP contribution in [0.1, 0.15) is 0 Å². The minimum absolute atomic E-state index is 0.0468. The van der Waals surface area contributed by atoms with Gasteiger partial charge in [-0.05, 0) is 24.3 Å². The van der Waals surface area contributed by atoms with E-state index in [1.165, 1.54) is 0 Å². The Morgan fingerprint density at radius 2 is 0.909 bits per heavy atom. The number of para-hydroxylation sites is 2. The summed E-state index contributed by atoms with van der Waals surface area (Å²) in [5.74, 6) is -3.41. The number of carbonyl (C=O) groups is 4. The number of thioether (sulfide) groups is 4. The Bertz CT molecular complexity index is 1810. The predicted octanol–water partition coefficient (Wildman–Crippen LogP) is 3.69. The number of nitrogens with two attached hydrogens (primary N) is 2. The van der Waals surface area contributed by atoms with Gasteiger partial charge in [0.25, 0.3) is 23.6 Å². The molecule has 12 nitrogen and oxygen atoms in total. The zero-order valence-corrected chi connectivity index (χ0v) is 25.1. The lowest BCUT2D eigenvalue weighted by Crippen LogP contribution is -2.26. The van der Waals surface area contributed by atoms with E-state index in [0.29, 0.717) is 19.8 Å². The van der Waals surface area contributed by atoms with Gasteiger partial charge in [0.15, 0.2) is 11.4 Å². The van der Waals surface area contributed by atoms with E-state index in [4.69, 9.17) is 11.5 Å². The van der Waals surface area contributed by atoms with Gasteiger partial charge in [-0.15, -0.1) is 0 Å². The van der Waals surface area contributed by atoms with Crippen molar-refractivity contribution >= 4 is 93.5 Å². The highest BCUT2D eigenvalue weighted by atomic mass is 32.2. The fourth-order valence-corrected chi connectivity index (χ4v) is 10.0. The third-order valence-electron chi connectivity index (χ3n) is 6.61. The van der Waals surface area contributed by atoms with Gasteiger partial charge in [-0.3, -0.25) is 19.2 Å². The molecule has 4 heterocycles. The zero-order chi connectivity index (χ0) is 30.9. The summed E-state index contributed by atoms with van der Waals surface area (Å²) in [6.07, 6.45) is 0. The minimum Gasteiger partial charge on any atom is -0.505 e. The average Bonchev–Trinajstić information content (AvgIpc) is 3.80. The van der Waals surface area contributed by atoms with Crippen molar-refractivity contribution in [3.63, 3.8) is 0 Å². The van der Waals surface area contributed by atoms with Crippen molar-refractivity contribution in [2.24, 2.45) is 21.7 Å². The van der Waals surface area contributed by atoms with Gasteiger partial charge < -0.3 is 21.7 Å². The number of anilines is 2.